The molecule has 400 valence electrons. The van der Waals surface area contributed by atoms with E-state index in [0.717, 1.165) is 46.0 Å². The second-order valence-corrected chi connectivity index (χ2v) is 16.4. The van der Waals surface area contributed by atoms with Gasteiger partial charge >= 0.3 is 11.9 Å². The minimum atomic E-state index is -2.66. The molecule has 9 unspecified atom stereocenters. The van der Waals surface area contributed by atoms with Crippen LogP contribution in [0.2, 0.25) is 0 Å². The predicted molar refractivity (Wildman–Crippen MR) is 237 cm³/mol. The van der Waals surface area contributed by atoms with Crippen molar-refractivity contribution in [1.82, 2.24) is 37.2 Å². The first-order chi connectivity index (χ1) is 33.0. The van der Waals surface area contributed by atoms with Crippen molar-refractivity contribution in [2.45, 2.75) is 172 Å². The first kappa shape index (κ1) is 63.5. The van der Waals surface area contributed by atoms with E-state index in [9.17, 15) is 84.2 Å². The zero-order valence-corrected chi connectivity index (χ0v) is 39.5. The van der Waals surface area contributed by atoms with E-state index in [-0.39, 0.29) is 35.4 Å². The predicted octanol–water partition coefficient (Wildman–Crippen LogP) is -3.13. The quantitative estimate of drug-likeness (QED) is 0.0126. The molecular formula is C40H71N11O19. The molecule has 0 rings (SSSR count). The standard InChI is InChI=1S/C40H71N11O19/c1-4-5-6-7-8-9-10-11-12-15-25(54)20-29(55)41-21-30(56)46-32(33(57)40(65)66)38(62)45-28(22-52)36(60)47-31(24(3)53)37(61)43-26(16-13-18-50(69)48-67)35(59)42-23(2)34(58)44-27(39(63)64)17-14-19-51(70)49-68/h23-28,31-33,52-54,57,67-68H,4-22H2,1-3H3,(H,41,55)(H,42,59)(H,43,61)(H,44,58)(H,45,62)(H,46,56)(H,47,60)(H,63,64)(H,65,66). The topological polar surface area (TPSA) is 477 Å². The molecule has 0 aliphatic rings. The molecule has 0 aromatic carbocycles. The van der Waals surface area contributed by atoms with Crippen LogP contribution < -0.4 is 37.2 Å². The Morgan fingerprint density at radius 2 is 1.03 bits per heavy atom. The fraction of sp³-hybridized carbons (Fsp3) is 0.775. The number of unbranched alkanes of at least 4 members (excludes halogenated alkanes) is 8. The Hall–Kier alpha value is -6.53. The number of amides is 7. The van der Waals surface area contributed by atoms with Crippen LogP contribution in [0.3, 0.4) is 0 Å². The van der Waals surface area contributed by atoms with Gasteiger partial charge in [0, 0.05) is 12.8 Å². The third-order valence-corrected chi connectivity index (χ3v) is 10.4. The summed E-state index contributed by atoms with van der Waals surface area (Å²) >= 11 is 0. The molecule has 70 heavy (non-hydrogen) atoms. The Morgan fingerprint density at radius 3 is 1.53 bits per heavy atom. The van der Waals surface area contributed by atoms with Gasteiger partial charge in [0.15, 0.2) is 29.7 Å². The number of carbonyl (C=O) groups excluding carboxylic acids is 7. The van der Waals surface area contributed by atoms with Gasteiger partial charge in [-0.05, 0) is 33.1 Å². The van der Waals surface area contributed by atoms with Gasteiger partial charge in [-0.2, -0.15) is 0 Å². The summed E-state index contributed by atoms with van der Waals surface area (Å²) in [6.07, 6.45) is 2.75. The zero-order chi connectivity index (χ0) is 53.3. The van der Waals surface area contributed by atoms with Gasteiger partial charge in [-0.25, -0.2) is 9.59 Å². The largest absolute Gasteiger partial charge is 0.597 e. The van der Waals surface area contributed by atoms with Crippen LogP contribution in [0.15, 0.2) is 10.6 Å². The molecule has 0 radical (unpaired) electrons. The number of carboxylic acid groups (broad SMARTS) is 2. The molecule has 0 bridgehead atoms. The highest BCUT2D eigenvalue weighted by Crippen LogP contribution is 2.13. The average Bonchev–Trinajstić information content (AvgIpc) is 3.31. The van der Waals surface area contributed by atoms with Crippen LogP contribution in [0.4, 0.5) is 0 Å². The summed E-state index contributed by atoms with van der Waals surface area (Å²) in [5.74, 6) is -12.0. The third kappa shape index (κ3) is 26.9. The Morgan fingerprint density at radius 1 is 0.543 bits per heavy atom. The molecule has 0 aliphatic carbocycles. The Balaban J connectivity index is 5.77. The van der Waals surface area contributed by atoms with Crippen LogP contribution in [-0.4, -0.2) is 185 Å². The van der Waals surface area contributed by atoms with Gasteiger partial charge < -0.3 is 88.7 Å². The summed E-state index contributed by atoms with van der Waals surface area (Å²) in [6, 6.07) is -11.2. The van der Waals surface area contributed by atoms with Crippen LogP contribution in [0.1, 0.15) is 117 Å². The summed E-state index contributed by atoms with van der Waals surface area (Å²) in [6.45, 7) is 1.18. The highest BCUT2D eigenvalue weighted by atomic mass is 16.6. The minimum absolute atomic E-state index is 0.134. The van der Waals surface area contributed by atoms with Gasteiger partial charge in [0.2, 0.25) is 41.4 Å². The third-order valence-electron chi connectivity index (χ3n) is 10.4. The fourth-order valence-corrected chi connectivity index (χ4v) is 6.44. The SMILES string of the molecule is CCCCCCCCCCCC(O)CC(=O)NCC(=O)NC(C(=O)NC(CO)C(=O)NC(C(=O)NC(CCC[N+]([O-])=NO)C(=O)NC(C)C(=O)NC(CCC[N+]([O-])=NO)C(=O)O)C(C)O)C(O)C(=O)O. The van der Waals surface area contributed by atoms with E-state index in [1.54, 1.807) is 0 Å². The number of hydrogen-bond acceptors (Lipinski definition) is 17. The molecule has 0 spiro atoms. The molecule has 0 saturated heterocycles. The summed E-state index contributed by atoms with van der Waals surface area (Å²) in [5, 5.41) is 119. The smallest absolute Gasteiger partial charge is 0.335 e. The van der Waals surface area contributed by atoms with Crippen LogP contribution >= 0.6 is 0 Å². The van der Waals surface area contributed by atoms with Gasteiger partial charge in [0.1, 0.15) is 36.3 Å². The van der Waals surface area contributed by atoms with E-state index in [1.807, 2.05) is 16.0 Å². The molecule has 15 N–H and O–H groups in total. The summed E-state index contributed by atoms with van der Waals surface area (Å²) in [4.78, 5) is 114. The molecule has 30 nitrogen and oxygen atoms in total. The fourth-order valence-electron chi connectivity index (χ4n) is 6.44. The summed E-state index contributed by atoms with van der Waals surface area (Å²) in [7, 11) is 0. The van der Waals surface area contributed by atoms with Gasteiger partial charge in [0.25, 0.3) is 0 Å². The first-order valence-electron chi connectivity index (χ1n) is 22.8. The molecule has 0 saturated carbocycles. The van der Waals surface area contributed by atoms with Gasteiger partial charge in [-0.3, -0.25) is 33.6 Å². The average molecular weight is 1010 g/mol. The number of hydrogen-bond donors (Lipinski definition) is 15. The number of hydroxylamine groups is 2. The number of rotatable bonds is 38. The summed E-state index contributed by atoms with van der Waals surface area (Å²) < 4.78 is 0. The lowest BCUT2D eigenvalue weighted by Crippen LogP contribution is -2.63. The van der Waals surface area contributed by atoms with Crippen molar-refractivity contribution in [2.75, 3.05) is 26.2 Å². The van der Waals surface area contributed by atoms with E-state index < -0.39 is 141 Å². The van der Waals surface area contributed by atoms with Gasteiger partial charge in [-0.1, -0.05) is 74.4 Å². The minimum Gasteiger partial charge on any atom is -0.597 e. The number of nitrogens with one attached hydrogen (secondary N) is 7. The van der Waals surface area contributed by atoms with Crippen molar-refractivity contribution in [1.29, 1.82) is 0 Å². The number of aliphatic hydroxyl groups excluding tert-OH is 4. The van der Waals surface area contributed by atoms with E-state index in [1.165, 1.54) is 19.3 Å². The molecular weight excluding hydrogens is 938 g/mol. The van der Waals surface area contributed by atoms with E-state index in [2.05, 4.69) is 38.7 Å². The maximum Gasteiger partial charge on any atom is 0.335 e. The lowest BCUT2D eigenvalue weighted by atomic mass is 10.0. The maximum atomic E-state index is 13.5. The molecule has 7 amide bonds. The normalized spacial score (nSPS) is 15.5. The second-order valence-electron chi connectivity index (χ2n) is 16.4. The molecule has 30 heteroatoms. The Kier molecular flexibility index (Phi) is 32.2. The van der Waals surface area contributed by atoms with Crippen LogP contribution in [0.5, 0.6) is 0 Å². The number of carbonyl (C=O) groups is 9. The maximum absolute atomic E-state index is 13.5. The van der Waals surface area contributed by atoms with E-state index >= 15 is 0 Å². The molecule has 0 aromatic rings. The van der Waals surface area contributed by atoms with Crippen molar-refractivity contribution in [3.63, 3.8) is 0 Å². The highest BCUT2D eigenvalue weighted by molar-refractivity contribution is 5.98. The van der Waals surface area contributed by atoms with Crippen molar-refractivity contribution in [2.24, 2.45) is 10.6 Å². The lowest BCUT2D eigenvalue weighted by Gasteiger charge is -2.28. The highest BCUT2D eigenvalue weighted by Gasteiger charge is 2.38. The van der Waals surface area contributed by atoms with E-state index in [4.69, 9.17) is 10.4 Å². The molecule has 0 aromatic heterocycles. The second kappa shape index (κ2) is 35.6. The monoisotopic (exact) mass is 1010 g/mol. The van der Waals surface area contributed by atoms with Crippen LogP contribution in [0.25, 0.3) is 0 Å². The van der Waals surface area contributed by atoms with Crippen molar-refractivity contribution < 1.29 is 93.9 Å². The molecule has 9 atom stereocenters. The lowest BCUT2D eigenvalue weighted by molar-refractivity contribution is -0.556. The first-order valence-corrected chi connectivity index (χ1v) is 22.8. The Bertz CT molecular complexity index is 1760. The van der Waals surface area contributed by atoms with Crippen LogP contribution in [0, 0.1) is 10.4 Å². The number of nitrogens with zero attached hydrogens (tertiary/aromatic N) is 4. The van der Waals surface area contributed by atoms with E-state index in [0.29, 0.717) is 12.8 Å². The number of aliphatic carboxylic acids is 2. The molecule has 0 fully saturated rings. The van der Waals surface area contributed by atoms with Crippen LogP contribution in [-0.2, 0) is 43.2 Å². The Labute approximate surface area is 402 Å². The van der Waals surface area contributed by atoms with Crippen molar-refractivity contribution >= 4 is 53.3 Å². The van der Waals surface area contributed by atoms with Crippen molar-refractivity contribution in [3.05, 3.63) is 10.4 Å². The molecule has 0 aliphatic heterocycles. The molecule has 0 heterocycles. The van der Waals surface area contributed by atoms with Crippen molar-refractivity contribution in [3.8, 4) is 0 Å². The van der Waals surface area contributed by atoms with Gasteiger partial charge in [-0.15, -0.1) is 0 Å². The van der Waals surface area contributed by atoms with Gasteiger partial charge in [0.05, 0.1) is 31.8 Å². The number of carboxylic acids is 2. The number of aliphatic hydroxyl groups is 4. The zero-order valence-electron chi connectivity index (χ0n) is 39.5. The summed E-state index contributed by atoms with van der Waals surface area (Å²) in [5.41, 5.74) is 0.